The number of benzene rings is 1. The number of aromatic amines is 1. The van der Waals surface area contributed by atoms with Gasteiger partial charge in [0.1, 0.15) is 5.69 Å². The van der Waals surface area contributed by atoms with E-state index in [0.29, 0.717) is 22.9 Å². The van der Waals surface area contributed by atoms with Gasteiger partial charge in [0.05, 0.1) is 26.1 Å². The monoisotopic (exact) mass is 370 g/mol. The smallest absolute Gasteiger partial charge is 0.289 e. The van der Waals surface area contributed by atoms with Crippen molar-refractivity contribution in [3.8, 4) is 22.8 Å². The van der Waals surface area contributed by atoms with Gasteiger partial charge in [0.15, 0.2) is 11.5 Å². The van der Waals surface area contributed by atoms with E-state index in [-0.39, 0.29) is 5.91 Å². The topological polar surface area (TPSA) is 88.6 Å². The van der Waals surface area contributed by atoms with Crippen molar-refractivity contribution in [3.05, 3.63) is 51.8 Å². The molecule has 0 aliphatic rings. The van der Waals surface area contributed by atoms with Crippen LogP contribution < -0.4 is 14.9 Å². The number of aryl methyl sites for hydroxylation is 1. The molecule has 0 bridgehead atoms. The van der Waals surface area contributed by atoms with Crippen molar-refractivity contribution in [2.24, 2.45) is 5.10 Å². The highest BCUT2D eigenvalue weighted by molar-refractivity contribution is 7.13. The SMILES string of the molecule is COc1ccc(-c2cc(C(=O)N/N=C\c3ccc(C)s3)[nH]n2)cc1OC. The fourth-order valence-corrected chi connectivity index (χ4v) is 3.07. The van der Waals surface area contributed by atoms with Crippen LogP contribution in [0.5, 0.6) is 11.5 Å². The summed E-state index contributed by atoms with van der Waals surface area (Å²) in [7, 11) is 3.14. The molecule has 2 heterocycles. The quantitative estimate of drug-likeness (QED) is 0.515. The van der Waals surface area contributed by atoms with Crippen molar-refractivity contribution < 1.29 is 14.3 Å². The molecule has 2 aromatic heterocycles. The van der Waals surface area contributed by atoms with E-state index in [1.165, 1.54) is 4.88 Å². The van der Waals surface area contributed by atoms with Crippen LogP contribution in [-0.2, 0) is 0 Å². The van der Waals surface area contributed by atoms with Gasteiger partial charge >= 0.3 is 0 Å². The van der Waals surface area contributed by atoms with Gasteiger partial charge in [-0.1, -0.05) is 0 Å². The predicted octanol–water partition coefficient (Wildman–Crippen LogP) is 3.23. The number of methoxy groups -OCH3 is 2. The molecule has 1 amide bonds. The maximum absolute atomic E-state index is 12.2. The van der Waals surface area contributed by atoms with E-state index < -0.39 is 0 Å². The van der Waals surface area contributed by atoms with Gasteiger partial charge in [0.25, 0.3) is 5.91 Å². The van der Waals surface area contributed by atoms with Crippen LogP contribution in [0.25, 0.3) is 11.3 Å². The highest BCUT2D eigenvalue weighted by atomic mass is 32.1. The minimum absolute atomic E-state index is 0.314. The van der Waals surface area contributed by atoms with Crippen LogP contribution in [0.2, 0.25) is 0 Å². The number of amides is 1. The summed E-state index contributed by atoms with van der Waals surface area (Å²) in [5, 5.41) is 10.9. The van der Waals surface area contributed by atoms with Crippen molar-refractivity contribution in [1.29, 1.82) is 0 Å². The van der Waals surface area contributed by atoms with E-state index in [1.54, 1.807) is 50.0 Å². The van der Waals surface area contributed by atoms with Crippen molar-refractivity contribution in [2.45, 2.75) is 6.92 Å². The number of aromatic nitrogens is 2. The Kier molecular flexibility index (Phi) is 5.33. The normalized spacial score (nSPS) is 10.9. The first-order valence-electron chi connectivity index (χ1n) is 7.78. The van der Waals surface area contributed by atoms with Crippen molar-refractivity contribution in [1.82, 2.24) is 15.6 Å². The third kappa shape index (κ3) is 3.92. The van der Waals surface area contributed by atoms with Gasteiger partial charge in [0.2, 0.25) is 0 Å². The van der Waals surface area contributed by atoms with Gasteiger partial charge < -0.3 is 9.47 Å². The first kappa shape index (κ1) is 17.7. The summed E-state index contributed by atoms with van der Waals surface area (Å²) in [4.78, 5) is 14.3. The second-order valence-corrected chi connectivity index (χ2v) is 6.70. The number of H-pyrrole nitrogens is 1. The van der Waals surface area contributed by atoms with Gasteiger partial charge in [-0.2, -0.15) is 10.2 Å². The fraction of sp³-hybridized carbons (Fsp3) is 0.167. The molecule has 0 spiro atoms. The largest absolute Gasteiger partial charge is 0.493 e. The summed E-state index contributed by atoms with van der Waals surface area (Å²) in [6, 6.07) is 11.0. The number of carbonyl (C=O) groups excluding carboxylic acids is 1. The number of hydrazone groups is 1. The molecule has 8 heteroatoms. The zero-order valence-corrected chi connectivity index (χ0v) is 15.4. The molecular weight excluding hydrogens is 352 g/mol. The molecule has 26 heavy (non-hydrogen) atoms. The van der Waals surface area contributed by atoms with Crippen LogP contribution in [0, 0.1) is 6.92 Å². The van der Waals surface area contributed by atoms with E-state index in [1.807, 2.05) is 25.1 Å². The summed E-state index contributed by atoms with van der Waals surface area (Å²) in [5.74, 6) is 0.853. The lowest BCUT2D eigenvalue weighted by atomic mass is 10.1. The Labute approximate surface area is 154 Å². The van der Waals surface area contributed by atoms with Crippen LogP contribution >= 0.6 is 11.3 Å². The van der Waals surface area contributed by atoms with Crippen molar-refractivity contribution >= 4 is 23.5 Å². The molecule has 3 aromatic rings. The van der Waals surface area contributed by atoms with Crippen LogP contribution in [0.4, 0.5) is 0 Å². The number of hydrogen-bond acceptors (Lipinski definition) is 6. The summed E-state index contributed by atoms with van der Waals surface area (Å²) in [6.07, 6.45) is 1.61. The fourth-order valence-electron chi connectivity index (χ4n) is 2.32. The molecule has 1 aromatic carbocycles. The zero-order chi connectivity index (χ0) is 18.5. The van der Waals surface area contributed by atoms with E-state index in [9.17, 15) is 4.79 Å². The summed E-state index contributed by atoms with van der Waals surface area (Å²) in [6.45, 7) is 2.01. The average Bonchev–Trinajstić information content (AvgIpc) is 3.30. The Morgan fingerprint density at radius 1 is 1.19 bits per heavy atom. The Morgan fingerprint density at radius 2 is 2.00 bits per heavy atom. The van der Waals surface area contributed by atoms with E-state index >= 15 is 0 Å². The molecule has 0 fully saturated rings. The standard InChI is InChI=1S/C18H18N4O3S/c1-11-4-6-13(26-11)10-19-22-18(23)15-9-14(20-21-15)12-5-7-16(24-2)17(8-12)25-3/h4-10H,1-3H3,(H,20,21)(H,22,23)/b19-10-. The number of carbonyl (C=O) groups is 1. The Balaban J connectivity index is 1.71. The van der Waals surface area contributed by atoms with Crippen LogP contribution in [-0.4, -0.2) is 36.5 Å². The number of hydrogen-bond donors (Lipinski definition) is 2. The number of nitrogens with zero attached hydrogens (tertiary/aromatic N) is 2. The minimum atomic E-state index is -0.367. The lowest BCUT2D eigenvalue weighted by Gasteiger charge is -2.08. The van der Waals surface area contributed by atoms with Crippen LogP contribution in [0.15, 0.2) is 41.5 Å². The van der Waals surface area contributed by atoms with Crippen LogP contribution in [0.1, 0.15) is 20.2 Å². The number of rotatable bonds is 6. The van der Waals surface area contributed by atoms with Crippen LogP contribution in [0.3, 0.4) is 0 Å². The summed E-state index contributed by atoms with van der Waals surface area (Å²) in [5.41, 5.74) is 4.22. The second kappa shape index (κ2) is 7.83. The van der Waals surface area contributed by atoms with Gasteiger partial charge in [-0.3, -0.25) is 9.89 Å². The number of thiophene rings is 1. The third-order valence-electron chi connectivity index (χ3n) is 3.62. The Bertz CT molecular complexity index is 946. The number of nitrogens with one attached hydrogen (secondary N) is 2. The molecule has 0 radical (unpaired) electrons. The molecule has 3 rings (SSSR count). The molecule has 0 atom stereocenters. The highest BCUT2D eigenvalue weighted by Crippen LogP contribution is 2.31. The predicted molar refractivity (Wildman–Crippen MR) is 101 cm³/mol. The molecule has 0 saturated heterocycles. The van der Waals surface area contributed by atoms with Gasteiger partial charge in [-0.05, 0) is 43.3 Å². The van der Waals surface area contributed by atoms with E-state index in [0.717, 1.165) is 10.4 Å². The van der Waals surface area contributed by atoms with Gasteiger partial charge in [0, 0.05) is 15.3 Å². The molecule has 7 nitrogen and oxygen atoms in total. The molecule has 2 N–H and O–H groups in total. The second-order valence-electron chi connectivity index (χ2n) is 5.38. The van der Waals surface area contributed by atoms with E-state index in [2.05, 4.69) is 20.7 Å². The molecule has 0 saturated carbocycles. The lowest BCUT2D eigenvalue weighted by molar-refractivity contribution is 0.0950. The minimum Gasteiger partial charge on any atom is -0.493 e. The first-order valence-corrected chi connectivity index (χ1v) is 8.60. The van der Waals surface area contributed by atoms with Crippen molar-refractivity contribution in [3.63, 3.8) is 0 Å². The van der Waals surface area contributed by atoms with E-state index in [4.69, 9.17) is 9.47 Å². The van der Waals surface area contributed by atoms with Gasteiger partial charge in [-0.25, -0.2) is 5.43 Å². The summed E-state index contributed by atoms with van der Waals surface area (Å²) >= 11 is 1.60. The molecule has 0 aliphatic heterocycles. The van der Waals surface area contributed by atoms with Gasteiger partial charge in [-0.15, -0.1) is 11.3 Å². The molecule has 134 valence electrons. The Morgan fingerprint density at radius 3 is 2.69 bits per heavy atom. The van der Waals surface area contributed by atoms with Crippen molar-refractivity contribution in [2.75, 3.05) is 14.2 Å². The first-order chi connectivity index (χ1) is 12.6. The maximum atomic E-state index is 12.2. The number of ether oxygens (including phenoxy) is 2. The Hall–Kier alpha value is -3.13. The highest BCUT2D eigenvalue weighted by Gasteiger charge is 2.12. The molecular formula is C18H18N4O3S. The molecule has 0 unspecified atom stereocenters. The third-order valence-corrected chi connectivity index (χ3v) is 4.56. The summed E-state index contributed by atoms with van der Waals surface area (Å²) < 4.78 is 10.5. The maximum Gasteiger partial charge on any atom is 0.289 e. The zero-order valence-electron chi connectivity index (χ0n) is 14.6. The molecule has 0 aliphatic carbocycles. The lowest BCUT2D eigenvalue weighted by Crippen LogP contribution is -2.17. The average molecular weight is 370 g/mol.